The van der Waals surface area contributed by atoms with Crippen LogP contribution in [0.4, 0.5) is 0 Å². The van der Waals surface area contributed by atoms with E-state index in [2.05, 4.69) is 0 Å². The summed E-state index contributed by atoms with van der Waals surface area (Å²) in [5.41, 5.74) is 0. The van der Waals surface area contributed by atoms with E-state index in [1.165, 1.54) is 9.21 Å². The number of amides is 1. The van der Waals surface area contributed by atoms with Gasteiger partial charge in [0.15, 0.2) is 0 Å². The molecule has 0 unspecified atom stereocenters. The fraction of sp³-hybridized carbons (Fsp3) is 0.867. The van der Waals surface area contributed by atoms with Gasteiger partial charge in [-0.25, -0.2) is 12.7 Å². The summed E-state index contributed by atoms with van der Waals surface area (Å²) >= 11 is 0. The van der Waals surface area contributed by atoms with Crippen molar-refractivity contribution in [1.82, 2.24) is 9.21 Å². The van der Waals surface area contributed by atoms with Gasteiger partial charge in [0.25, 0.3) is 0 Å². The quantitative estimate of drug-likeness (QED) is 0.567. The highest BCUT2D eigenvalue weighted by atomic mass is 32.2. The van der Waals surface area contributed by atoms with Crippen LogP contribution in [-0.2, 0) is 24.3 Å². The maximum absolute atomic E-state index is 12.4. The second kappa shape index (κ2) is 9.95. The first kappa shape index (κ1) is 20.9. The number of hydrogen-bond donors (Lipinski definition) is 1. The van der Waals surface area contributed by atoms with E-state index in [9.17, 15) is 18.0 Å². The number of carboxylic acid groups (broad SMARTS) is 1. The highest BCUT2D eigenvalue weighted by Gasteiger charge is 2.32. The zero-order valence-electron chi connectivity index (χ0n) is 14.4. The third kappa shape index (κ3) is 6.37. The van der Waals surface area contributed by atoms with Crippen molar-refractivity contribution < 1.29 is 27.9 Å². The molecule has 1 fully saturated rings. The van der Waals surface area contributed by atoms with Gasteiger partial charge in [0.05, 0.1) is 5.75 Å². The van der Waals surface area contributed by atoms with Gasteiger partial charge >= 0.3 is 5.97 Å². The molecule has 1 aliphatic rings. The smallest absolute Gasteiger partial charge is 0.323 e. The molecule has 0 bridgehead atoms. The Morgan fingerprint density at radius 3 is 2.38 bits per heavy atom. The highest BCUT2D eigenvalue weighted by Crippen LogP contribution is 2.20. The molecular weight excluding hydrogens is 336 g/mol. The molecule has 0 aromatic rings. The van der Waals surface area contributed by atoms with Crippen molar-refractivity contribution in [2.24, 2.45) is 0 Å². The lowest BCUT2D eigenvalue weighted by Crippen LogP contribution is -2.50. The number of carboxylic acids is 1. The first-order chi connectivity index (χ1) is 11.3. The molecule has 9 heteroatoms. The van der Waals surface area contributed by atoms with E-state index in [0.717, 1.165) is 0 Å². The average molecular weight is 364 g/mol. The van der Waals surface area contributed by atoms with Gasteiger partial charge in [-0.2, -0.15) is 0 Å². The van der Waals surface area contributed by atoms with Crippen LogP contribution >= 0.6 is 0 Å². The Labute approximate surface area is 143 Å². The van der Waals surface area contributed by atoms with Crippen molar-refractivity contribution in [3.8, 4) is 0 Å². The van der Waals surface area contributed by atoms with Crippen LogP contribution < -0.4 is 0 Å². The summed E-state index contributed by atoms with van der Waals surface area (Å²) in [5, 5.41) is 9.07. The van der Waals surface area contributed by atoms with Crippen LogP contribution in [-0.4, -0.2) is 79.2 Å². The van der Waals surface area contributed by atoms with Crippen LogP contribution in [0.5, 0.6) is 0 Å². The molecule has 24 heavy (non-hydrogen) atoms. The molecule has 0 spiro atoms. The van der Waals surface area contributed by atoms with Gasteiger partial charge in [0, 0.05) is 38.8 Å². The monoisotopic (exact) mass is 364 g/mol. The molecule has 0 aliphatic carbocycles. The molecule has 0 saturated carbocycles. The topological polar surface area (TPSA) is 104 Å². The molecule has 0 aromatic carbocycles. The van der Waals surface area contributed by atoms with E-state index >= 15 is 0 Å². The third-order valence-corrected chi connectivity index (χ3v) is 6.01. The molecule has 8 nitrogen and oxygen atoms in total. The van der Waals surface area contributed by atoms with E-state index in [1.807, 2.05) is 6.92 Å². The molecule has 1 N–H and O–H groups in total. The van der Waals surface area contributed by atoms with Gasteiger partial charge in [0.1, 0.15) is 6.54 Å². The first-order valence-electron chi connectivity index (χ1n) is 8.38. The minimum absolute atomic E-state index is 0.0485. The number of piperidine rings is 1. The second-order valence-corrected chi connectivity index (χ2v) is 8.00. The lowest BCUT2D eigenvalue weighted by molar-refractivity contribution is -0.147. The number of sulfonamides is 1. The van der Waals surface area contributed by atoms with Gasteiger partial charge in [-0.3, -0.25) is 9.59 Å². The molecule has 1 amide bonds. The zero-order chi connectivity index (χ0) is 18.2. The number of aliphatic carboxylic acids is 1. The molecule has 0 atom stereocenters. The fourth-order valence-corrected chi connectivity index (χ4v) is 3.93. The maximum Gasteiger partial charge on any atom is 0.323 e. The van der Waals surface area contributed by atoms with Crippen LogP contribution in [0.2, 0.25) is 0 Å². The summed E-state index contributed by atoms with van der Waals surface area (Å²) in [4.78, 5) is 24.8. The molecule has 1 aliphatic heterocycles. The molecule has 1 saturated heterocycles. The first-order valence-corrected chi connectivity index (χ1v) is 9.99. The minimum atomic E-state index is -3.24. The Morgan fingerprint density at radius 1 is 1.25 bits per heavy atom. The summed E-state index contributed by atoms with van der Waals surface area (Å²) in [6.45, 7) is 4.81. The van der Waals surface area contributed by atoms with Gasteiger partial charge in [-0.05, 0) is 33.1 Å². The van der Waals surface area contributed by atoms with E-state index in [4.69, 9.17) is 9.84 Å². The summed E-state index contributed by atoms with van der Waals surface area (Å²) in [6.07, 6.45) is 1.71. The van der Waals surface area contributed by atoms with Crippen LogP contribution in [0.15, 0.2) is 0 Å². The van der Waals surface area contributed by atoms with Crippen LogP contribution in [0.3, 0.4) is 0 Å². The highest BCUT2D eigenvalue weighted by molar-refractivity contribution is 7.89. The Hall–Kier alpha value is -1.19. The van der Waals surface area contributed by atoms with Crippen molar-refractivity contribution in [2.75, 3.05) is 38.6 Å². The molecule has 0 aromatic heterocycles. The number of nitrogens with zero attached hydrogens (tertiary/aromatic N) is 2. The number of hydrogen-bond acceptors (Lipinski definition) is 5. The predicted molar refractivity (Wildman–Crippen MR) is 89.1 cm³/mol. The minimum Gasteiger partial charge on any atom is -0.480 e. The lowest BCUT2D eigenvalue weighted by Gasteiger charge is -2.37. The standard InChI is InChI=1S/C15H28N2O6S/c1-3-23-11-5-6-14(18)17(12-15(19)20)13-7-9-16(10-8-13)24(21,22)4-2/h13H,3-12H2,1-2H3,(H,19,20). The number of ether oxygens (including phenoxy) is 1. The second-order valence-electron chi connectivity index (χ2n) is 5.75. The molecule has 1 heterocycles. The van der Waals surface area contributed by atoms with E-state index in [-0.39, 0.29) is 30.7 Å². The van der Waals surface area contributed by atoms with Gasteiger partial charge in [-0.1, -0.05) is 0 Å². The Bertz CT molecular complexity index is 514. The molecule has 1 rings (SSSR count). The summed E-state index contributed by atoms with van der Waals surface area (Å²) in [5.74, 6) is -1.22. The van der Waals surface area contributed by atoms with Crippen molar-refractivity contribution in [3.63, 3.8) is 0 Å². The van der Waals surface area contributed by atoms with Gasteiger partial charge in [-0.15, -0.1) is 0 Å². The molecule has 0 radical (unpaired) electrons. The van der Waals surface area contributed by atoms with Crippen LogP contribution in [0, 0.1) is 0 Å². The maximum atomic E-state index is 12.4. The average Bonchev–Trinajstić information content (AvgIpc) is 2.56. The predicted octanol–water partition coefficient (Wildman–Crippen LogP) is 0.530. The summed E-state index contributed by atoms with van der Waals surface area (Å²) in [6, 6.07) is -0.232. The van der Waals surface area contributed by atoms with E-state index in [0.29, 0.717) is 45.6 Å². The van der Waals surface area contributed by atoms with Gasteiger partial charge < -0.3 is 14.7 Å². The fourth-order valence-electron chi connectivity index (χ4n) is 2.79. The summed E-state index contributed by atoms with van der Waals surface area (Å²) < 4.78 is 30.4. The Morgan fingerprint density at radius 2 is 1.88 bits per heavy atom. The van der Waals surface area contributed by atoms with E-state index in [1.54, 1.807) is 6.92 Å². The summed E-state index contributed by atoms with van der Waals surface area (Å²) in [7, 11) is -3.24. The Kier molecular flexibility index (Phi) is 8.65. The van der Waals surface area contributed by atoms with Crippen LogP contribution in [0.25, 0.3) is 0 Å². The largest absolute Gasteiger partial charge is 0.480 e. The van der Waals surface area contributed by atoms with E-state index < -0.39 is 16.0 Å². The molecule has 140 valence electrons. The Balaban J connectivity index is 2.63. The SMILES string of the molecule is CCOCCCC(=O)N(CC(=O)O)C1CCN(S(=O)(=O)CC)CC1. The van der Waals surface area contributed by atoms with Crippen molar-refractivity contribution in [2.45, 2.75) is 45.6 Å². The third-order valence-electron chi connectivity index (χ3n) is 4.13. The van der Waals surface area contributed by atoms with Crippen molar-refractivity contribution >= 4 is 21.9 Å². The number of carbonyl (C=O) groups excluding carboxylic acids is 1. The zero-order valence-corrected chi connectivity index (χ0v) is 15.3. The molecular formula is C15H28N2O6S. The number of rotatable bonds is 10. The normalized spacial score (nSPS) is 16.9. The van der Waals surface area contributed by atoms with Crippen molar-refractivity contribution in [3.05, 3.63) is 0 Å². The lowest BCUT2D eigenvalue weighted by atomic mass is 10.0. The van der Waals surface area contributed by atoms with Crippen LogP contribution in [0.1, 0.15) is 39.5 Å². The van der Waals surface area contributed by atoms with Crippen molar-refractivity contribution in [1.29, 1.82) is 0 Å². The number of carbonyl (C=O) groups is 2. The van der Waals surface area contributed by atoms with Gasteiger partial charge in [0.2, 0.25) is 15.9 Å².